The van der Waals surface area contributed by atoms with E-state index in [-0.39, 0.29) is 18.0 Å². The normalized spacial score (nSPS) is 13.9. The highest BCUT2D eigenvalue weighted by molar-refractivity contribution is 6.33. The van der Waals surface area contributed by atoms with Crippen LogP contribution >= 0.6 is 11.6 Å². The van der Waals surface area contributed by atoms with E-state index in [9.17, 15) is 9.59 Å². The van der Waals surface area contributed by atoms with Gasteiger partial charge >= 0.3 is 6.03 Å². The van der Waals surface area contributed by atoms with Crippen molar-refractivity contribution in [2.75, 3.05) is 10.6 Å². The second-order valence-corrected chi connectivity index (χ2v) is 10.9. The zero-order valence-electron chi connectivity index (χ0n) is 21.9. The van der Waals surface area contributed by atoms with Crippen LogP contribution in [-0.2, 0) is 26.4 Å². The Bertz CT molecular complexity index is 1870. The molecular weight excluding hydrogens is 512 g/mol. The Morgan fingerprint density at radius 2 is 1.90 bits per heavy atom. The number of carbonyl (C=O) groups excluding carboxylic acids is 2. The Labute approximate surface area is 229 Å². The molecule has 39 heavy (non-hydrogen) atoms. The van der Waals surface area contributed by atoms with E-state index in [4.69, 9.17) is 11.6 Å². The van der Waals surface area contributed by atoms with Crippen molar-refractivity contribution in [2.45, 2.75) is 39.3 Å². The molecule has 0 fully saturated rings. The molecular formula is C30H27ClN6O2. The van der Waals surface area contributed by atoms with Crippen LogP contribution in [0.15, 0.2) is 48.7 Å². The molecule has 9 heteroatoms. The first-order valence-corrected chi connectivity index (χ1v) is 13.5. The number of nitrogens with zero attached hydrogens (tertiary/aromatic N) is 3. The number of rotatable bonds is 3. The molecule has 0 bridgehead atoms. The molecule has 7 rings (SSSR count). The van der Waals surface area contributed by atoms with Gasteiger partial charge in [-0.05, 0) is 68.1 Å². The Kier molecular flexibility index (Phi) is 5.25. The molecule has 196 valence electrons. The maximum absolute atomic E-state index is 13.3. The van der Waals surface area contributed by atoms with Gasteiger partial charge in [-0.2, -0.15) is 5.10 Å². The second-order valence-electron chi connectivity index (χ2n) is 10.5. The number of hydrogen-bond donors (Lipinski definition) is 3. The minimum atomic E-state index is -0.376. The highest BCUT2D eigenvalue weighted by Crippen LogP contribution is 2.47. The molecule has 1 aliphatic heterocycles. The minimum Gasteiger partial charge on any atom is -0.348 e. The zero-order chi connectivity index (χ0) is 27.0. The summed E-state index contributed by atoms with van der Waals surface area (Å²) in [5, 5.41) is 16.1. The zero-order valence-corrected chi connectivity index (χ0v) is 22.6. The lowest BCUT2D eigenvalue weighted by Crippen LogP contribution is -2.19. The summed E-state index contributed by atoms with van der Waals surface area (Å²) in [4.78, 5) is 26.1. The summed E-state index contributed by atoms with van der Waals surface area (Å²) in [6.45, 7) is 4.84. The predicted octanol–water partition coefficient (Wildman–Crippen LogP) is 6.42. The summed E-state index contributed by atoms with van der Waals surface area (Å²) < 4.78 is 4.22. The Hall–Kier alpha value is -4.30. The predicted molar refractivity (Wildman–Crippen MR) is 155 cm³/mol. The lowest BCUT2D eigenvalue weighted by molar-refractivity contribution is 0.0966. The summed E-state index contributed by atoms with van der Waals surface area (Å²) in [5.41, 5.74) is 9.49. The van der Waals surface area contributed by atoms with E-state index >= 15 is 0 Å². The highest BCUT2D eigenvalue weighted by Gasteiger charge is 2.35. The van der Waals surface area contributed by atoms with Crippen LogP contribution in [0.3, 0.4) is 0 Å². The van der Waals surface area contributed by atoms with Gasteiger partial charge in [0.15, 0.2) is 0 Å². The van der Waals surface area contributed by atoms with Gasteiger partial charge in [-0.25, -0.2) is 4.79 Å². The molecule has 0 saturated heterocycles. The molecule has 2 aliphatic rings. The van der Waals surface area contributed by atoms with Crippen molar-refractivity contribution in [3.8, 4) is 11.1 Å². The smallest absolute Gasteiger partial charge is 0.323 e. The molecule has 0 radical (unpaired) electrons. The number of amides is 3. The fourth-order valence-electron chi connectivity index (χ4n) is 6.32. The van der Waals surface area contributed by atoms with Crippen LogP contribution in [0, 0.1) is 0 Å². The number of anilines is 2. The van der Waals surface area contributed by atoms with Gasteiger partial charge in [-0.15, -0.1) is 0 Å². The van der Waals surface area contributed by atoms with E-state index in [0.717, 1.165) is 62.6 Å². The first-order valence-electron chi connectivity index (χ1n) is 13.1. The van der Waals surface area contributed by atoms with Crippen molar-refractivity contribution in [3.63, 3.8) is 0 Å². The fraction of sp³-hybridized carbons (Fsp3) is 0.233. The van der Waals surface area contributed by atoms with Gasteiger partial charge in [0.1, 0.15) is 0 Å². The average Bonchev–Trinajstić information content (AvgIpc) is 3.57. The molecule has 0 spiro atoms. The fourth-order valence-corrected chi connectivity index (χ4v) is 6.50. The summed E-state index contributed by atoms with van der Waals surface area (Å²) in [7, 11) is 1.93. The largest absolute Gasteiger partial charge is 0.348 e. The summed E-state index contributed by atoms with van der Waals surface area (Å²) in [5.74, 6) is -0.0429. The summed E-state index contributed by atoms with van der Waals surface area (Å²) in [6.07, 6.45) is 3.67. The molecule has 3 aromatic carbocycles. The van der Waals surface area contributed by atoms with Gasteiger partial charge in [0.2, 0.25) is 0 Å². The number of aromatic nitrogens is 3. The van der Waals surface area contributed by atoms with E-state index in [1.807, 2.05) is 42.2 Å². The van der Waals surface area contributed by atoms with Gasteiger partial charge in [-0.1, -0.05) is 23.7 Å². The number of aryl methyl sites for hydroxylation is 3. The first kappa shape index (κ1) is 23.8. The maximum atomic E-state index is 13.3. The van der Waals surface area contributed by atoms with Crippen LogP contribution in [0.25, 0.3) is 32.9 Å². The average molecular weight is 539 g/mol. The van der Waals surface area contributed by atoms with Crippen molar-refractivity contribution >= 4 is 56.7 Å². The monoisotopic (exact) mass is 538 g/mol. The van der Waals surface area contributed by atoms with E-state index in [1.165, 1.54) is 5.56 Å². The van der Waals surface area contributed by atoms with Crippen LogP contribution < -0.4 is 16.0 Å². The van der Waals surface area contributed by atoms with Crippen LogP contribution in [-0.4, -0.2) is 26.3 Å². The minimum absolute atomic E-state index is 0.0429. The third-order valence-corrected chi connectivity index (χ3v) is 8.11. The lowest BCUT2D eigenvalue weighted by atomic mass is 9.82. The molecule has 0 unspecified atom stereocenters. The maximum Gasteiger partial charge on any atom is 0.323 e. The number of para-hydroxylation sites is 1. The Morgan fingerprint density at radius 3 is 2.69 bits per heavy atom. The third kappa shape index (κ3) is 3.55. The van der Waals surface area contributed by atoms with E-state index in [1.54, 1.807) is 12.1 Å². The molecule has 0 atom stereocenters. The Balaban J connectivity index is 1.44. The topological polar surface area (TPSA) is 93.0 Å². The van der Waals surface area contributed by atoms with Crippen molar-refractivity contribution in [1.82, 2.24) is 19.7 Å². The molecule has 3 heterocycles. The van der Waals surface area contributed by atoms with E-state index in [0.29, 0.717) is 22.9 Å². The molecule has 0 saturated carbocycles. The van der Waals surface area contributed by atoms with Crippen molar-refractivity contribution in [1.29, 1.82) is 0 Å². The molecule has 5 aromatic rings. The van der Waals surface area contributed by atoms with Crippen LogP contribution in [0.1, 0.15) is 47.1 Å². The molecule has 1 aliphatic carbocycles. The van der Waals surface area contributed by atoms with E-state index < -0.39 is 0 Å². The van der Waals surface area contributed by atoms with E-state index in [2.05, 4.69) is 45.5 Å². The van der Waals surface area contributed by atoms with Crippen LogP contribution in [0.2, 0.25) is 5.02 Å². The first-order chi connectivity index (χ1) is 18.8. The molecule has 3 amide bonds. The number of nitrogens with one attached hydrogen (secondary N) is 3. The summed E-state index contributed by atoms with van der Waals surface area (Å²) in [6, 6.07) is 12.9. The van der Waals surface area contributed by atoms with Crippen molar-refractivity contribution in [2.24, 2.45) is 7.05 Å². The van der Waals surface area contributed by atoms with Gasteiger partial charge in [-0.3, -0.25) is 9.48 Å². The van der Waals surface area contributed by atoms with Gasteiger partial charge < -0.3 is 20.5 Å². The molecule has 3 N–H and O–H groups in total. The third-order valence-electron chi connectivity index (χ3n) is 7.78. The van der Waals surface area contributed by atoms with Gasteiger partial charge in [0.05, 0.1) is 27.5 Å². The number of fused-ring (bicyclic) bond motifs is 10. The Morgan fingerprint density at radius 1 is 1.08 bits per heavy atom. The standard InChI is InChI=1S/C30H27ClN6O2/c1-15(2)37-24-11-8-16(33-30(39)34-23-7-5-4-6-21(23)31)12-18(24)26-19-13-32-29(38)27(19)25-17(28(26)37)9-10-22-20(25)14-36(3)35-22/h4-8,11-12,14-15H,9-10,13H2,1-3H3,(H,32,38)(H2,33,34,39). The lowest BCUT2D eigenvalue weighted by Gasteiger charge is -2.22. The SMILES string of the molecule is CC(C)n1c2ccc(NC(=O)Nc3ccccc3Cl)cc2c2c3c(c4c(c21)CCc1nn(C)cc1-4)C(=O)NC3. The number of urea groups is 1. The van der Waals surface area contributed by atoms with Crippen LogP contribution in [0.5, 0.6) is 0 Å². The number of halogens is 1. The van der Waals surface area contributed by atoms with Crippen LogP contribution in [0.4, 0.5) is 16.2 Å². The number of carbonyl (C=O) groups is 2. The number of benzene rings is 3. The molecule has 8 nitrogen and oxygen atoms in total. The number of hydrogen-bond acceptors (Lipinski definition) is 3. The summed E-state index contributed by atoms with van der Waals surface area (Å²) >= 11 is 6.22. The quantitative estimate of drug-likeness (QED) is 0.247. The molecule has 2 aromatic heterocycles. The van der Waals surface area contributed by atoms with Gasteiger partial charge in [0.25, 0.3) is 5.91 Å². The van der Waals surface area contributed by atoms with Crippen molar-refractivity contribution < 1.29 is 9.59 Å². The van der Waals surface area contributed by atoms with Gasteiger partial charge in [0, 0.05) is 58.9 Å². The van der Waals surface area contributed by atoms with Crippen molar-refractivity contribution in [3.05, 3.63) is 76.1 Å². The second kappa shape index (κ2) is 8.61. The highest BCUT2D eigenvalue weighted by atomic mass is 35.5.